The third-order valence-corrected chi connectivity index (χ3v) is 5.20. The molecule has 0 heterocycles. The third kappa shape index (κ3) is 14.8. The summed E-state index contributed by atoms with van der Waals surface area (Å²) in [5.74, 6) is 0. The van der Waals surface area contributed by atoms with E-state index >= 15 is 0 Å². The minimum Gasteiger partial charge on any atom is -0.748 e. The largest absolute Gasteiger partial charge is 1.00 e. The van der Waals surface area contributed by atoms with Crippen LogP contribution in [0, 0.1) is 0 Å². The monoisotopic (exact) mass is 346 g/mol. The van der Waals surface area contributed by atoms with E-state index < -0.39 is 15.4 Å². The predicted octanol–water partition coefficient (Wildman–Crippen LogP) is 0.596. The van der Waals surface area contributed by atoms with E-state index in [-0.39, 0.29) is 57.5 Å². The van der Waals surface area contributed by atoms with Gasteiger partial charge in [-0.15, -0.1) is 0 Å². The zero-order valence-corrected chi connectivity index (χ0v) is 18.0. The second-order valence-electron chi connectivity index (χ2n) is 5.66. The number of hydrogen-bond acceptors (Lipinski definition) is 4. The predicted molar refractivity (Wildman–Crippen MR) is 81.6 cm³/mol. The summed E-state index contributed by atoms with van der Waals surface area (Å²) in [5, 5.41) is 8.97. The third-order valence-electron chi connectivity index (χ3n) is 3.82. The molecule has 0 saturated carbocycles. The molecule has 0 fully saturated rings. The molecule has 0 saturated heterocycles. The molecular weight excluding hydrogens is 315 g/mol. The molecule has 6 heteroatoms. The van der Waals surface area contributed by atoms with E-state index in [1.54, 1.807) is 6.92 Å². The van der Waals surface area contributed by atoms with Gasteiger partial charge in [0.2, 0.25) is 0 Å². The molecule has 0 rings (SSSR count). The van der Waals surface area contributed by atoms with Crippen molar-refractivity contribution < 1.29 is 69.5 Å². The summed E-state index contributed by atoms with van der Waals surface area (Å²) in [4.78, 5) is 0. The van der Waals surface area contributed by atoms with Gasteiger partial charge >= 0.3 is 51.4 Å². The van der Waals surface area contributed by atoms with Crippen LogP contribution in [0.3, 0.4) is 0 Å². The zero-order chi connectivity index (χ0) is 15.4. The van der Waals surface area contributed by atoms with E-state index in [1.165, 1.54) is 0 Å². The molecule has 0 aliphatic heterocycles. The maximum absolute atomic E-state index is 10.9. The molecule has 0 amide bonds. The normalized spacial score (nSPS) is 14.5. The molecule has 0 spiro atoms. The molecule has 1 N–H and O–H groups in total. The summed E-state index contributed by atoms with van der Waals surface area (Å²) < 4.78 is 32.7. The van der Waals surface area contributed by atoms with Crippen LogP contribution in [0.5, 0.6) is 0 Å². The van der Waals surface area contributed by atoms with Crippen LogP contribution in [0.4, 0.5) is 0 Å². The number of rotatable bonds is 13. The molecule has 0 aliphatic rings. The van der Waals surface area contributed by atoms with Gasteiger partial charge in [-0.2, -0.15) is 0 Å². The fourth-order valence-corrected chi connectivity index (χ4v) is 3.28. The average Bonchev–Trinajstić information content (AvgIpc) is 2.38. The second kappa shape index (κ2) is 15.1. The molecule has 0 aromatic carbocycles. The smallest absolute Gasteiger partial charge is 0.748 e. The van der Waals surface area contributed by atoms with Gasteiger partial charge in [-0.05, 0) is 25.7 Å². The van der Waals surface area contributed by atoms with Gasteiger partial charge in [0.1, 0.15) is 0 Å². The quantitative estimate of drug-likeness (QED) is 0.301. The number of hydrogen-bond donors (Lipinski definition) is 1. The van der Waals surface area contributed by atoms with E-state index in [4.69, 9.17) is 0 Å². The molecule has 0 bridgehead atoms. The molecule has 0 aromatic heterocycles. The van der Waals surface area contributed by atoms with Crippen LogP contribution in [0.25, 0.3) is 0 Å². The Morgan fingerprint density at radius 3 is 1.86 bits per heavy atom. The van der Waals surface area contributed by atoms with Crippen LogP contribution >= 0.6 is 0 Å². The maximum Gasteiger partial charge on any atom is 1.00 e. The number of unbranched alkanes of at least 4 members (excludes halogenated alkanes) is 5. The van der Waals surface area contributed by atoms with E-state index in [2.05, 4.69) is 6.92 Å². The Kier molecular flexibility index (Phi) is 17.8. The Balaban J connectivity index is 0. The number of aliphatic hydroxyl groups excluding tert-OH is 1. The molecule has 0 aliphatic carbocycles. The molecular formula is C15H31KO4S. The Labute approximate surface area is 173 Å². The van der Waals surface area contributed by atoms with Gasteiger partial charge in [-0.25, -0.2) is 8.42 Å². The van der Waals surface area contributed by atoms with Crippen molar-refractivity contribution in [3.8, 4) is 0 Å². The first-order valence-corrected chi connectivity index (χ1v) is 9.51. The molecule has 2 unspecified atom stereocenters. The second-order valence-corrected chi connectivity index (χ2v) is 7.32. The summed E-state index contributed by atoms with van der Waals surface area (Å²) in [5.41, 5.74) is 0. The van der Waals surface area contributed by atoms with Crippen molar-refractivity contribution in [1.29, 1.82) is 0 Å². The molecule has 122 valence electrons. The van der Waals surface area contributed by atoms with Crippen LogP contribution in [0.1, 0.15) is 84.5 Å². The van der Waals surface area contributed by atoms with E-state index in [1.807, 2.05) is 0 Å². The Hall–Kier alpha value is 1.51. The Bertz CT molecular complexity index is 320. The topological polar surface area (TPSA) is 77.4 Å². The van der Waals surface area contributed by atoms with E-state index in [0.29, 0.717) is 12.8 Å². The van der Waals surface area contributed by atoms with Gasteiger partial charge in [0.25, 0.3) is 0 Å². The molecule has 0 radical (unpaired) electrons. The average molecular weight is 347 g/mol. The summed E-state index contributed by atoms with van der Waals surface area (Å²) in [7, 11) is -4.12. The first-order chi connectivity index (χ1) is 9.41. The van der Waals surface area contributed by atoms with Crippen molar-refractivity contribution >= 4 is 10.1 Å². The fraction of sp³-hybridized carbons (Fsp3) is 1.00. The summed E-state index contributed by atoms with van der Waals surface area (Å²) in [6, 6.07) is 0. The zero-order valence-electron chi connectivity index (χ0n) is 14.0. The van der Waals surface area contributed by atoms with Gasteiger partial charge in [0, 0.05) is 5.25 Å². The van der Waals surface area contributed by atoms with Crippen LogP contribution in [-0.4, -0.2) is 29.4 Å². The van der Waals surface area contributed by atoms with Crippen molar-refractivity contribution in [2.75, 3.05) is 0 Å². The van der Waals surface area contributed by atoms with Crippen LogP contribution in [-0.2, 0) is 10.1 Å². The number of aliphatic hydroxyl groups is 1. The van der Waals surface area contributed by atoms with Crippen molar-refractivity contribution in [2.24, 2.45) is 0 Å². The Morgan fingerprint density at radius 2 is 1.38 bits per heavy atom. The summed E-state index contributed by atoms with van der Waals surface area (Å²) in [6.07, 6.45) is 9.64. The van der Waals surface area contributed by atoms with Crippen molar-refractivity contribution in [3.63, 3.8) is 0 Å². The molecule has 21 heavy (non-hydrogen) atoms. The van der Waals surface area contributed by atoms with Crippen LogP contribution in [0.15, 0.2) is 0 Å². The summed E-state index contributed by atoms with van der Waals surface area (Å²) >= 11 is 0. The van der Waals surface area contributed by atoms with Crippen LogP contribution < -0.4 is 51.4 Å². The first-order valence-electron chi connectivity index (χ1n) is 8.04. The van der Waals surface area contributed by atoms with Gasteiger partial charge < -0.3 is 9.66 Å². The van der Waals surface area contributed by atoms with Gasteiger partial charge in [0.15, 0.2) is 0 Å². The standard InChI is InChI=1S/C15H32O4S.K/c1-3-5-11-14(16)12-9-7-6-8-10-13-15(4-2)20(17,18)19;/h14-16H,3-13H2,1-2H3,(H,17,18,19);/q;+1/p-1. The van der Waals surface area contributed by atoms with Crippen LogP contribution in [0.2, 0.25) is 0 Å². The van der Waals surface area contributed by atoms with Gasteiger partial charge in [-0.1, -0.05) is 58.8 Å². The molecule has 4 nitrogen and oxygen atoms in total. The van der Waals surface area contributed by atoms with Gasteiger partial charge in [-0.3, -0.25) is 0 Å². The SMILES string of the molecule is CCCCC(O)CCCCCCCC(CC)S(=O)(=O)[O-].[K+]. The summed E-state index contributed by atoms with van der Waals surface area (Å²) in [6.45, 7) is 3.87. The van der Waals surface area contributed by atoms with E-state index in [9.17, 15) is 18.1 Å². The minimum atomic E-state index is -4.12. The van der Waals surface area contributed by atoms with Gasteiger partial charge in [0.05, 0.1) is 16.2 Å². The van der Waals surface area contributed by atoms with E-state index in [0.717, 1.165) is 57.8 Å². The van der Waals surface area contributed by atoms with Crippen molar-refractivity contribution in [3.05, 3.63) is 0 Å². The van der Waals surface area contributed by atoms with Crippen molar-refractivity contribution in [2.45, 2.75) is 95.8 Å². The molecule has 2 atom stereocenters. The maximum atomic E-state index is 10.9. The van der Waals surface area contributed by atoms with Crippen molar-refractivity contribution in [1.82, 2.24) is 0 Å². The Morgan fingerprint density at radius 1 is 0.905 bits per heavy atom. The molecule has 0 aromatic rings. The fourth-order valence-electron chi connectivity index (χ4n) is 2.42. The first kappa shape index (κ1) is 24.8. The minimum absolute atomic E-state index is 0.